The number of anilines is 1. The molecule has 1 unspecified atom stereocenters. The van der Waals surface area contributed by atoms with Crippen molar-refractivity contribution in [3.8, 4) is 0 Å². The van der Waals surface area contributed by atoms with E-state index in [1.54, 1.807) is 0 Å². The van der Waals surface area contributed by atoms with E-state index in [1.165, 1.54) is 24.9 Å². The van der Waals surface area contributed by atoms with Crippen LogP contribution in [0.15, 0.2) is 30.3 Å². The summed E-state index contributed by atoms with van der Waals surface area (Å²) in [5.74, 6) is 2.59. The molecule has 2 aromatic rings. The second-order valence-corrected chi connectivity index (χ2v) is 7.82. The third-order valence-corrected chi connectivity index (χ3v) is 5.78. The van der Waals surface area contributed by atoms with Gasteiger partial charge < -0.3 is 20.1 Å². The lowest BCUT2D eigenvalue weighted by atomic mass is 10.1. The molecule has 1 aromatic carbocycles. The summed E-state index contributed by atoms with van der Waals surface area (Å²) in [6, 6.07) is 10.4. The minimum Gasteiger partial charge on any atom is -0.371 e. The first-order chi connectivity index (χ1) is 13.8. The van der Waals surface area contributed by atoms with Crippen molar-refractivity contribution < 1.29 is 4.79 Å². The quantitative estimate of drug-likeness (QED) is 0.804. The number of fused-ring (bicyclic) bond motifs is 1. The largest absolute Gasteiger partial charge is 0.371 e. The van der Waals surface area contributed by atoms with Gasteiger partial charge in [-0.05, 0) is 37.3 Å². The molecule has 0 bridgehead atoms. The van der Waals surface area contributed by atoms with Gasteiger partial charge in [0.1, 0.15) is 11.6 Å². The van der Waals surface area contributed by atoms with Crippen molar-refractivity contribution >= 4 is 11.7 Å². The zero-order valence-electron chi connectivity index (χ0n) is 16.4. The molecule has 1 saturated heterocycles. The van der Waals surface area contributed by atoms with Crippen LogP contribution in [0.2, 0.25) is 0 Å². The molecule has 1 fully saturated rings. The second kappa shape index (κ2) is 9.08. The number of carbonyl (C=O) groups excluding carboxylic acids is 1. The first-order valence-corrected chi connectivity index (χ1v) is 10.5. The molecular formula is C21H30N6O. The molecule has 4 rings (SSSR count). The van der Waals surface area contributed by atoms with Crippen molar-refractivity contribution in [2.24, 2.45) is 5.92 Å². The van der Waals surface area contributed by atoms with E-state index in [0.29, 0.717) is 12.5 Å². The normalized spacial score (nSPS) is 19.1. The van der Waals surface area contributed by atoms with Crippen molar-refractivity contribution in [2.75, 3.05) is 31.1 Å². The number of urea groups is 1. The summed E-state index contributed by atoms with van der Waals surface area (Å²) in [6.07, 6.45) is 6.50. The van der Waals surface area contributed by atoms with Gasteiger partial charge in [0.2, 0.25) is 0 Å². The standard InChI is InChI=1S/C21H30N6O/c28-21(22-12-10-20-25-24-19-9-5-2-6-13-27(19)20)23-15-17-11-14-26(16-17)18-7-3-1-4-8-18/h1,3-4,7-8,17H,2,5-6,9-16H2,(H2,22,23,28). The molecule has 7 heteroatoms. The van der Waals surface area contributed by atoms with Gasteiger partial charge in [-0.25, -0.2) is 4.79 Å². The lowest BCUT2D eigenvalue weighted by Crippen LogP contribution is -2.39. The van der Waals surface area contributed by atoms with Crippen LogP contribution in [0.25, 0.3) is 0 Å². The SMILES string of the molecule is O=C(NCCc1nnc2n1CCCCC2)NCC1CCN(c2ccccc2)C1. The third-order valence-electron chi connectivity index (χ3n) is 5.78. The highest BCUT2D eigenvalue weighted by atomic mass is 16.2. The first kappa shape index (κ1) is 18.8. The van der Waals surface area contributed by atoms with E-state index < -0.39 is 0 Å². The molecule has 0 radical (unpaired) electrons. The third kappa shape index (κ3) is 4.64. The number of rotatable bonds is 6. The van der Waals surface area contributed by atoms with Gasteiger partial charge in [-0.15, -0.1) is 10.2 Å². The summed E-state index contributed by atoms with van der Waals surface area (Å²) >= 11 is 0. The lowest BCUT2D eigenvalue weighted by Gasteiger charge is -2.18. The maximum atomic E-state index is 12.1. The van der Waals surface area contributed by atoms with E-state index in [1.807, 2.05) is 6.07 Å². The Morgan fingerprint density at radius 1 is 1.07 bits per heavy atom. The van der Waals surface area contributed by atoms with Crippen LogP contribution in [-0.4, -0.2) is 47.0 Å². The number of nitrogens with zero attached hydrogens (tertiary/aromatic N) is 4. The Morgan fingerprint density at radius 2 is 1.96 bits per heavy atom. The monoisotopic (exact) mass is 382 g/mol. The van der Waals surface area contributed by atoms with Gasteiger partial charge in [0.05, 0.1) is 0 Å². The molecule has 1 atom stereocenters. The van der Waals surface area contributed by atoms with E-state index in [2.05, 4.69) is 54.6 Å². The number of carbonyl (C=O) groups is 1. The van der Waals surface area contributed by atoms with Crippen LogP contribution in [0.3, 0.4) is 0 Å². The average molecular weight is 383 g/mol. The number of nitrogens with one attached hydrogen (secondary N) is 2. The Morgan fingerprint density at radius 3 is 2.86 bits per heavy atom. The Hall–Kier alpha value is -2.57. The van der Waals surface area contributed by atoms with E-state index in [9.17, 15) is 4.79 Å². The fourth-order valence-corrected chi connectivity index (χ4v) is 4.19. The van der Waals surface area contributed by atoms with E-state index in [4.69, 9.17) is 0 Å². The number of aryl methyl sites for hydroxylation is 1. The van der Waals surface area contributed by atoms with Gasteiger partial charge in [-0.1, -0.05) is 24.6 Å². The molecule has 0 aliphatic carbocycles. The number of hydrogen-bond donors (Lipinski definition) is 2. The van der Waals surface area contributed by atoms with Gasteiger partial charge in [-0.2, -0.15) is 0 Å². The fraction of sp³-hybridized carbons (Fsp3) is 0.571. The van der Waals surface area contributed by atoms with Gasteiger partial charge in [0, 0.05) is 51.3 Å². The molecular weight excluding hydrogens is 352 g/mol. The molecule has 0 saturated carbocycles. The van der Waals surface area contributed by atoms with Crippen LogP contribution in [0.4, 0.5) is 10.5 Å². The molecule has 150 valence electrons. The van der Waals surface area contributed by atoms with Gasteiger partial charge in [0.15, 0.2) is 0 Å². The summed E-state index contributed by atoms with van der Waals surface area (Å²) in [5, 5.41) is 14.6. The highest BCUT2D eigenvalue weighted by molar-refractivity contribution is 5.73. The topological polar surface area (TPSA) is 75.1 Å². The summed E-state index contributed by atoms with van der Waals surface area (Å²) in [6.45, 7) is 4.36. The van der Waals surface area contributed by atoms with Crippen LogP contribution in [0, 0.1) is 5.92 Å². The smallest absolute Gasteiger partial charge is 0.314 e. The molecule has 2 amide bonds. The van der Waals surface area contributed by atoms with Gasteiger partial charge in [0.25, 0.3) is 0 Å². The van der Waals surface area contributed by atoms with Crippen molar-refractivity contribution in [1.29, 1.82) is 0 Å². The first-order valence-electron chi connectivity index (χ1n) is 10.5. The van der Waals surface area contributed by atoms with Crippen LogP contribution in [0.5, 0.6) is 0 Å². The number of benzene rings is 1. The Labute approximate surface area is 166 Å². The number of para-hydroxylation sites is 1. The molecule has 2 aliphatic heterocycles. The summed E-state index contributed by atoms with van der Waals surface area (Å²) < 4.78 is 2.24. The molecule has 1 aromatic heterocycles. The molecule has 3 heterocycles. The zero-order valence-corrected chi connectivity index (χ0v) is 16.4. The number of hydrogen-bond acceptors (Lipinski definition) is 4. The predicted molar refractivity (Wildman–Crippen MR) is 109 cm³/mol. The maximum Gasteiger partial charge on any atom is 0.314 e. The van der Waals surface area contributed by atoms with Crippen molar-refractivity contribution in [3.05, 3.63) is 42.0 Å². The van der Waals surface area contributed by atoms with Crippen LogP contribution in [-0.2, 0) is 19.4 Å². The zero-order chi connectivity index (χ0) is 19.2. The molecule has 2 aliphatic rings. The minimum atomic E-state index is -0.0891. The fourth-order valence-electron chi connectivity index (χ4n) is 4.19. The average Bonchev–Trinajstić information content (AvgIpc) is 3.28. The highest BCUT2D eigenvalue weighted by Crippen LogP contribution is 2.22. The predicted octanol–water partition coefficient (Wildman–Crippen LogP) is 2.37. The molecule has 28 heavy (non-hydrogen) atoms. The number of amides is 2. The maximum absolute atomic E-state index is 12.1. The van der Waals surface area contributed by atoms with Gasteiger partial charge in [-0.3, -0.25) is 0 Å². The Balaban J connectivity index is 1.16. The van der Waals surface area contributed by atoms with Crippen LogP contribution >= 0.6 is 0 Å². The molecule has 2 N–H and O–H groups in total. The summed E-state index contributed by atoms with van der Waals surface area (Å²) in [7, 11) is 0. The van der Waals surface area contributed by atoms with Gasteiger partial charge >= 0.3 is 6.03 Å². The second-order valence-electron chi connectivity index (χ2n) is 7.82. The van der Waals surface area contributed by atoms with Crippen molar-refractivity contribution in [1.82, 2.24) is 25.4 Å². The van der Waals surface area contributed by atoms with E-state index >= 15 is 0 Å². The van der Waals surface area contributed by atoms with E-state index in [0.717, 1.165) is 57.1 Å². The Bertz CT molecular complexity index is 774. The molecule has 0 spiro atoms. The summed E-state index contributed by atoms with van der Waals surface area (Å²) in [5.41, 5.74) is 1.27. The minimum absolute atomic E-state index is 0.0891. The molecule has 7 nitrogen and oxygen atoms in total. The van der Waals surface area contributed by atoms with Crippen LogP contribution < -0.4 is 15.5 Å². The highest BCUT2D eigenvalue weighted by Gasteiger charge is 2.23. The van der Waals surface area contributed by atoms with Crippen molar-refractivity contribution in [3.63, 3.8) is 0 Å². The van der Waals surface area contributed by atoms with Crippen LogP contribution in [0.1, 0.15) is 37.3 Å². The van der Waals surface area contributed by atoms with Crippen molar-refractivity contribution in [2.45, 2.75) is 45.1 Å². The van der Waals surface area contributed by atoms with E-state index in [-0.39, 0.29) is 6.03 Å². The Kier molecular flexibility index (Phi) is 6.09. The number of aromatic nitrogens is 3. The lowest BCUT2D eigenvalue weighted by molar-refractivity contribution is 0.239. The summed E-state index contributed by atoms with van der Waals surface area (Å²) in [4.78, 5) is 14.5.